The van der Waals surface area contributed by atoms with Crippen LogP contribution in [0.3, 0.4) is 0 Å². The first kappa shape index (κ1) is 21.9. The van der Waals surface area contributed by atoms with Gasteiger partial charge in [0.15, 0.2) is 5.96 Å². The third-order valence-electron chi connectivity index (χ3n) is 4.33. The average Bonchev–Trinajstić information content (AvgIpc) is 2.80. The molecule has 0 saturated carbocycles. The van der Waals surface area contributed by atoms with Gasteiger partial charge in [0.2, 0.25) is 0 Å². The molecule has 6 heteroatoms. The molecule has 0 bridgehead atoms. The van der Waals surface area contributed by atoms with E-state index < -0.39 is 0 Å². The van der Waals surface area contributed by atoms with E-state index in [0.29, 0.717) is 18.0 Å². The number of nitrogens with one attached hydrogen (secondary N) is 2. The van der Waals surface area contributed by atoms with Gasteiger partial charge in [0.25, 0.3) is 0 Å². The lowest BCUT2D eigenvalue weighted by atomic mass is 10.1. The van der Waals surface area contributed by atoms with Gasteiger partial charge in [0.05, 0.1) is 6.54 Å². The van der Waals surface area contributed by atoms with Crippen molar-refractivity contribution in [2.75, 3.05) is 46.3 Å². The Kier molecular flexibility index (Phi) is 11.4. The molecule has 1 aliphatic rings. The molecule has 0 aromatic rings. The van der Waals surface area contributed by atoms with Gasteiger partial charge in [0, 0.05) is 38.3 Å². The van der Waals surface area contributed by atoms with Crippen LogP contribution in [-0.4, -0.2) is 74.2 Å². The summed E-state index contributed by atoms with van der Waals surface area (Å²) in [6.45, 7) is 17.3. The van der Waals surface area contributed by atoms with Crippen LogP contribution in [0.2, 0.25) is 0 Å². The molecule has 0 aromatic heterocycles. The number of halogens is 1. The summed E-state index contributed by atoms with van der Waals surface area (Å²) < 4.78 is 0. The molecule has 0 aromatic carbocycles. The highest BCUT2D eigenvalue weighted by molar-refractivity contribution is 14.0. The highest BCUT2D eigenvalue weighted by Crippen LogP contribution is 2.18. The molecule has 2 N–H and O–H groups in total. The first-order chi connectivity index (χ1) is 9.97. The molecule has 1 saturated heterocycles. The van der Waals surface area contributed by atoms with Crippen LogP contribution in [0, 0.1) is 5.92 Å². The molecule has 0 amide bonds. The van der Waals surface area contributed by atoms with Crippen molar-refractivity contribution in [2.24, 2.45) is 10.9 Å². The lowest BCUT2D eigenvalue weighted by Gasteiger charge is -2.22. The van der Waals surface area contributed by atoms with Crippen molar-refractivity contribution in [1.82, 2.24) is 20.4 Å². The Hall–Kier alpha value is -0.0800. The van der Waals surface area contributed by atoms with Crippen molar-refractivity contribution < 1.29 is 0 Å². The standard InChI is InChI=1S/C16H35N5.HI/c1-7-17-16(18-9-10-20(6)8-2)19-15-12-21(13(3)4)11-14(15)5;/h13-15H,7-12H2,1-6H3,(H2,17,18,19);1H. The number of likely N-dealkylation sites (N-methyl/N-ethyl adjacent to an activating group) is 1. The fraction of sp³-hybridized carbons (Fsp3) is 0.938. The molecule has 1 aliphatic heterocycles. The van der Waals surface area contributed by atoms with E-state index >= 15 is 0 Å². The molecular formula is C16H36IN5. The molecule has 2 atom stereocenters. The summed E-state index contributed by atoms with van der Waals surface area (Å²) in [6, 6.07) is 1.12. The molecule has 0 aliphatic carbocycles. The SMILES string of the molecule is CCNC(=NCCN(C)CC)NC1CN(C(C)C)CC1C.I. The summed E-state index contributed by atoms with van der Waals surface area (Å²) in [5, 5.41) is 6.99. The number of nitrogens with zero attached hydrogens (tertiary/aromatic N) is 3. The zero-order chi connectivity index (χ0) is 15.8. The maximum atomic E-state index is 4.70. The molecule has 0 spiro atoms. The third-order valence-corrected chi connectivity index (χ3v) is 4.33. The van der Waals surface area contributed by atoms with Crippen LogP contribution in [0.15, 0.2) is 4.99 Å². The predicted octanol–water partition coefficient (Wildman–Crippen LogP) is 1.84. The quantitative estimate of drug-likeness (QED) is 0.371. The molecule has 1 rings (SSSR count). The van der Waals surface area contributed by atoms with E-state index in [4.69, 9.17) is 4.99 Å². The Balaban J connectivity index is 0.00000441. The van der Waals surface area contributed by atoms with Crippen molar-refractivity contribution in [3.8, 4) is 0 Å². The van der Waals surface area contributed by atoms with E-state index in [1.807, 2.05) is 0 Å². The van der Waals surface area contributed by atoms with Crippen molar-refractivity contribution in [3.63, 3.8) is 0 Å². The summed E-state index contributed by atoms with van der Waals surface area (Å²) >= 11 is 0. The van der Waals surface area contributed by atoms with E-state index in [0.717, 1.165) is 38.7 Å². The van der Waals surface area contributed by atoms with Crippen molar-refractivity contribution >= 4 is 29.9 Å². The van der Waals surface area contributed by atoms with Crippen LogP contribution in [0.25, 0.3) is 0 Å². The molecule has 1 fully saturated rings. The summed E-state index contributed by atoms with van der Waals surface area (Å²) in [5.74, 6) is 1.62. The molecule has 1 heterocycles. The molecular weight excluding hydrogens is 389 g/mol. The minimum Gasteiger partial charge on any atom is -0.357 e. The topological polar surface area (TPSA) is 42.9 Å². The van der Waals surface area contributed by atoms with Gasteiger partial charge in [-0.3, -0.25) is 9.89 Å². The monoisotopic (exact) mass is 425 g/mol. The van der Waals surface area contributed by atoms with Gasteiger partial charge >= 0.3 is 0 Å². The van der Waals surface area contributed by atoms with Gasteiger partial charge in [0.1, 0.15) is 0 Å². The Morgan fingerprint density at radius 1 is 1.32 bits per heavy atom. The number of hydrogen-bond acceptors (Lipinski definition) is 3. The smallest absolute Gasteiger partial charge is 0.191 e. The molecule has 132 valence electrons. The first-order valence-corrected chi connectivity index (χ1v) is 8.45. The first-order valence-electron chi connectivity index (χ1n) is 8.45. The van der Waals surface area contributed by atoms with Gasteiger partial charge in [-0.25, -0.2) is 0 Å². The molecule has 22 heavy (non-hydrogen) atoms. The second-order valence-electron chi connectivity index (χ2n) is 6.43. The molecule has 2 unspecified atom stereocenters. The Bertz CT molecular complexity index is 322. The summed E-state index contributed by atoms with van der Waals surface area (Å²) in [5.41, 5.74) is 0. The van der Waals surface area contributed by atoms with Crippen LogP contribution >= 0.6 is 24.0 Å². The number of likely N-dealkylation sites (tertiary alicyclic amines) is 1. The van der Waals surface area contributed by atoms with Gasteiger partial charge in [-0.2, -0.15) is 0 Å². The van der Waals surface area contributed by atoms with Gasteiger partial charge in [-0.1, -0.05) is 13.8 Å². The average molecular weight is 425 g/mol. The fourth-order valence-electron chi connectivity index (χ4n) is 2.60. The Labute approximate surface area is 154 Å². The van der Waals surface area contributed by atoms with Gasteiger partial charge < -0.3 is 15.5 Å². The van der Waals surface area contributed by atoms with E-state index in [1.54, 1.807) is 0 Å². The largest absolute Gasteiger partial charge is 0.357 e. The maximum Gasteiger partial charge on any atom is 0.191 e. The minimum atomic E-state index is 0. The molecule has 0 radical (unpaired) electrons. The number of guanidine groups is 1. The van der Waals surface area contributed by atoms with E-state index in [2.05, 4.69) is 62.1 Å². The lowest BCUT2D eigenvalue weighted by molar-refractivity contribution is 0.265. The normalized spacial score (nSPS) is 23.0. The van der Waals surface area contributed by atoms with Crippen LogP contribution in [0.5, 0.6) is 0 Å². The summed E-state index contributed by atoms with van der Waals surface area (Å²) in [6.07, 6.45) is 0. The van der Waals surface area contributed by atoms with E-state index in [-0.39, 0.29) is 24.0 Å². The second-order valence-corrected chi connectivity index (χ2v) is 6.43. The van der Waals surface area contributed by atoms with Crippen molar-refractivity contribution in [3.05, 3.63) is 0 Å². The van der Waals surface area contributed by atoms with E-state index in [1.165, 1.54) is 6.54 Å². The predicted molar refractivity (Wildman–Crippen MR) is 107 cm³/mol. The minimum absolute atomic E-state index is 0. The zero-order valence-corrected chi connectivity index (χ0v) is 17.6. The van der Waals surface area contributed by atoms with Crippen molar-refractivity contribution in [1.29, 1.82) is 0 Å². The maximum absolute atomic E-state index is 4.70. The van der Waals surface area contributed by atoms with Gasteiger partial charge in [-0.05, 0) is 40.3 Å². The highest BCUT2D eigenvalue weighted by atomic mass is 127. The van der Waals surface area contributed by atoms with Crippen molar-refractivity contribution in [2.45, 2.75) is 46.7 Å². The second kappa shape index (κ2) is 11.5. The fourth-order valence-corrected chi connectivity index (χ4v) is 2.60. The number of hydrogen-bond donors (Lipinski definition) is 2. The number of rotatable bonds is 7. The molecule has 5 nitrogen and oxygen atoms in total. The lowest BCUT2D eigenvalue weighted by Crippen LogP contribution is -2.47. The summed E-state index contributed by atoms with van der Waals surface area (Å²) in [7, 11) is 2.13. The third kappa shape index (κ3) is 7.46. The van der Waals surface area contributed by atoms with E-state index in [9.17, 15) is 0 Å². The van der Waals surface area contributed by atoms with Crippen LogP contribution in [0.1, 0.15) is 34.6 Å². The highest BCUT2D eigenvalue weighted by Gasteiger charge is 2.31. The van der Waals surface area contributed by atoms with Crippen LogP contribution < -0.4 is 10.6 Å². The Morgan fingerprint density at radius 3 is 2.50 bits per heavy atom. The van der Waals surface area contributed by atoms with Crippen LogP contribution in [0.4, 0.5) is 0 Å². The number of aliphatic imine (C=N–C) groups is 1. The zero-order valence-electron chi connectivity index (χ0n) is 15.2. The van der Waals surface area contributed by atoms with Crippen LogP contribution in [-0.2, 0) is 0 Å². The Morgan fingerprint density at radius 2 is 2.00 bits per heavy atom. The van der Waals surface area contributed by atoms with Gasteiger partial charge in [-0.15, -0.1) is 24.0 Å². The summed E-state index contributed by atoms with van der Waals surface area (Å²) in [4.78, 5) is 9.53.